The molecule has 0 unspecified atom stereocenters. The Morgan fingerprint density at radius 3 is 2.45 bits per heavy atom. The van der Waals surface area contributed by atoms with E-state index in [2.05, 4.69) is 0 Å². The summed E-state index contributed by atoms with van der Waals surface area (Å²) >= 11 is 0. The number of hydrogen-bond donors (Lipinski definition) is 0. The molecule has 0 bridgehead atoms. The van der Waals surface area contributed by atoms with Gasteiger partial charge in [0.2, 0.25) is 0 Å². The van der Waals surface area contributed by atoms with Crippen molar-refractivity contribution in [3.05, 3.63) is 45.5 Å². The number of carbonyl (C=O) groups is 2. The summed E-state index contributed by atoms with van der Waals surface area (Å²) in [5.74, 6) is -0.650. The Kier molecular flexibility index (Phi) is 3.17. The van der Waals surface area contributed by atoms with Crippen LogP contribution in [0.3, 0.4) is 0 Å². The molecule has 1 aliphatic rings. The lowest BCUT2D eigenvalue weighted by molar-refractivity contribution is -0.384. The van der Waals surface area contributed by atoms with E-state index in [-0.39, 0.29) is 23.0 Å². The lowest BCUT2D eigenvalue weighted by Gasteiger charge is -2.24. The summed E-state index contributed by atoms with van der Waals surface area (Å²) < 4.78 is 0. The van der Waals surface area contributed by atoms with Crippen LogP contribution in [-0.2, 0) is 9.59 Å². The van der Waals surface area contributed by atoms with Crippen molar-refractivity contribution in [2.45, 2.75) is 19.4 Å². The summed E-state index contributed by atoms with van der Waals surface area (Å²) in [6.07, 6.45) is 1.41. The molecule has 0 aliphatic carbocycles. The van der Waals surface area contributed by atoms with Gasteiger partial charge >= 0.3 is 0 Å². The number of hydrogen-bond acceptors (Lipinski definition) is 4. The predicted molar refractivity (Wildman–Crippen MR) is 72.9 cm³/mol. The molecule has 6 heteroatoms. The summed E-state index contributed by atoms with van der Waals surface area (Å²) in [5, 5.41) is 10.7. The van der Waals surface area contributed by atoms with Crippen molar-refractivity contribution in [1.29, 1.82) is 0 Å². The number of Topliss-reactive ketones (excluding diaryl/α,β-unsaturated/α-hetero) is 1. The van der Waals surface area contributed by atoms with Gasteiger partial charge in [-0.3, -0.25) is 19.7 Å². The SMILES string of the molecule is CN1C(=O)/C(=C\c2cccc([N+](=O)[O-])c2)C(=O)C1(C)C. The zero-order valence-electron chi connectivity index (χ0n) is 11.4. The first-order valence-corrected chi connectivity index (χ1v) is 6.04. The van der Waals surface area contributed by atoms with Crippen molar-refractivity contribution in [1.82, 2.24) is 4.90 Å². The monoisotopic (exact) mass is 274 g/mol. The molecule has 1 aromatic carbocycles. The molecule has 1 heterocycles. The smallest absolute Gasteiger partial charge is 0.270 e. The Bertz CT molecular complexity index is 646. The summed E-state index contributed by atoms with van der Waals surface area (Å²) in [7, 11) is 1.56. The number of carbonyl (C=O) groups excluding carboxylic acids is 2. The zero-order chi connectivity index (χ0) is 15.1. The number of ketones is 1. The molecule has 1 saturated heterocycles. The van der Waals surface area contributed by atoms with Gasteiger partial charge in [0.1, 0.15) is 5.54 Å². The van der Waals surface area contributed by atoms with E-state index in [9.17, 15) is 19.7 Å². The van der Waals surface area contributed by atoms with E-state index in [1.807, 2.05) is 0 Å². The highest BCUT2D eigenvalue weighted by molar-refractivity contribution is 6.30. The molecule has 2 rings (SSSR count). The zero-order valence-corrected chi connectivity index (χ0v) is 11.4. The van der Waals surface area contributed by atoms with Crippen LogP contribution in [0.1, 0.15) is 19.4 Å². The molecule has 0 aromatic heterocycles. The standard InChI is InChI=1S/C14H14N2O4/c1-14(2)12(17)11(13(18)15(14)3)8-9-5-4-6-10(7-9)16(19)20/h4-8H,1-3H3/b11-8-. The van der Waals surface area contributed by atoms with Gasteiger partial charge in [0.25, 0.3) is 11.6 Å². The van der Waals surface area contributed by atoms with Crippen LogP contribution in [0.4, 0.5) is 5.69 Å². The number of nitro groups is 1. The molecule has 1 fully saturated rings. The second kappa shape index (κ2) is 4.56. The minimum absolute atomic E-state index is 0.0537. The maximum Gasteiger partial charge on any atom is 0.270 e. The molecule has 0 N–H and O–H groups in total. The topological polar surface area (TPSA) is 80.5 Å². The second-order valence-electron chi connectivity index (χ2n) is 5.16. The normalized spacial score (nSPS) is 19.8. The van der Waals surface area contributed by atoms with Gasteiger partial charge in [-0.05, 0) is 25.5 Å². The number of rotatable bonds is 2. The van der Waals surface area contributed by atoms with Crippen molar-refractivity contribution in [2.75, 3.05) is 7.05 Å². The van der Waals surface area contributed by atoms with Gasteiger partial charge in [-0.2, -0.15) is 0 Å². The van der Waals surface area contributed by atoms with Crippen molar-refractivity contribution in [3.63, 3.8) is 0 Å². The minimum Gasteiger partial charge on any atom is -0.329 e. The van der Waals surface area contributed by atoms with Crippen LogP contribution in [0.5, 0.6) is 0 Å². The molecule has 20 heavy (non-hydrogen) atoms. The third kappa shape index (κ3) is 2.09. The quantitative estimate of drug-likeness (QED) is 0.356. The fourth-order valence-electron chi connectivity index (χ4n) is 2.04. The molecular weight excluding hydrogens is 260 g/mol. The average Bonchev–Trinajstić information content (AvgIpc) is 2.54. The van der Waals surface area contributed by atoms with Gasteiger partial charge in [-0.1, -0.05) is 12.1 Å². The van der Waals surface area contributed by atoms with Crippen molar-refractivity contribution in [3.8, 4) is 0 Å². The van der Waals surface area contributed by atoms with Crippen molar-refractivity contribution in [2.24, 2.45) is 0 Å². The number of likely N-dealkylation sites (tertiary alicyclic amines) is 1. The third-order valence-corrected chi connectivity index (χ3v) is 3.57. The van der Waals surface area contributed by atoms with E-state index < -0.39 is 10.5 Å². The number of non-ortho nitro benzene ring substituents is 1. The predicted octanol–water partition coefficient (Wildman–Crippen LogP) is 1.80. The third-order valence-electron chi connectivity index (χ3n) is 3.57. The van der Waals surface area contributed by atoms with Gasteiger partial charge in [0.15, 0.2) is 5.78 Å². The van der Waals surface area contributed by atoms with Gasteiger partial charge < -0.3 is 4.90 Å². The largest absolute Gasteiger partial charge is 0.329 e. The maximum absolute atomic E-state index is 12.2. The van der Waals surface area contributed by atoms with E-state index in [4.69, 9.17) is 0 Å². The highest BCUT2D eigenvalue weighted by Gasteiger charge is 2.47. The summed E-state index contributed by atoms with van der Waals surface area (Å²) in [6, 6.07) is 5.82. The van der Waals surface area contributed by atoms with Crippen LogP contribution in [0, 0.1) is 10.1 Å². The van der Waals surface area contributed by atoms with Crippen LogP contribution in [0.15, 0.2) is 29.8 Å². The molecular formula is C14H14N2O4. The Hall–Kier alpha value is -2.50. The van der Waals surface area contributed by atoms with Crippen molar-refractivity contribution >= 4 is 23.5 Å². The first kappa shape index (κ1) is 13.9. The number of nitro benzene ring substituents is 1. The molecule has 0 spiro atoms. The number of benzene rings is 1. The molecule has 6 nitrogen and oxygen atoms in total. The fourth-order valence-corrected chi connectivity index (χ4v) is 2.04. The Balaban J connectivity index is 2.46. The average molecular weight is 274 g/mol. The number of nitrogens with zero attached hydrogens (tertiary/aromatic N) is 2. The molecule has 1 amide bonds. The van der Waals surface area contributed by atoms with Gasteiger partial charge in [-0.25, -0.2) is 0 Å². The molecule has 0 saturated carbocycles. The van der Waals surface area contributed by atoms with Crippen LogP contribution >= 0.6 is 0 Å². The van der Waals surface area contributed by atoms with E-state index in [1.165, 1.54) is 29.2 Å². The first-order valence-electron chi connectivity index (χ1n) is 6.04. The number of likely N-dealkylation sites (N-methyl/N-ethyl adjacent to an activating group) is 1. The maximum atomic E-state index is 12.2. The number of amides is 1. The van der Waals surface area contributed by atoms with E-state index in [0.29, 0.717) is 5.56 Å². The van der Waals surface area contributed by atoms with Gasteiger partial charge in [0.05, 0.1) is 10.5 Å². The van der Waals surface area contributed by atoms with Crippen LogP contribution < -0.4 is 0 Å². The van der Waals surface area contributed by atoms with Crippen LogP contribution in [-0.4, -0.2) is 34.1 Å². The molecule has 1 aromatic rings. The first-order chi connectivity index (χ1) is 9.25. The van der Waals surface area contributed by atoms with Gasteiger partial charge in [-0.15, -0.1) is 0 Å². The van der Waals surface area contributed by atoms with E-state index in [1.54, 1.807) is 27.0 Å². The van der Waals surface area contributed by atoms with Crippen LogP contribution in [0.2, 0.25) is 0 Å². The molecule has 1 aliphatic heterocycles. The second-order valence-corrected chi connectivity index (χ2v) is 5.16. The highest BCUT2D eigenvalue weighted by Crippen LogP contribution is 2.30. The Morgan fingerprint density at radius 2 is 1.95 bits per heavy atom. The van der Waals surface area contributed by atoms with Crippen LogP contribution in [0.25, 0.3) is 6.08 Å². The minimum atomic E-state index is -0.885. The van der Waals surface area contributed by atoms with Crippen molar-refractivity contribution < 1.29 is 14.5 Å². The lowest BCUT2D eigenvalue weighted by Crippen LogP contribution is -2.41. The Labute approximate surface area is 115 Å². The van der Waals surface area contributed by atoms with E-state index in [0.717, 1.165) is 0 Å². The van der Waals surface area contributed by atoms with Gasteiger partial charge in [0, 0.05) is 19.2 Å². The molecule has 0 atom stereocenters. The Morgan fingerprint density at radius 1 is 1.30 bits per heavy atom. The lowest BCUT2D eigenvalue weighted by atomic mass is 9.97. The summed E-state index contributed by atoms with van der Waals surface area (Å²) in [6.45, 7) is 3.34. The van der Waals surface area contributed by atoms with E-state index >= 15 is 0 Å². The summed E-state index contributed by atoms with van der Waals surface area (Å²) in [4.78, 5) is 35.8. The fraction of sp³-hybridized carbons (Fsp3) is 0.286. The highest BCUT2D eigenvalue weighted by atomic mass is 16.6. The molecule has 0 radical (unpaired) electrons. The molecule has 104 valence electrons. The summed E-state index contributed by atoms with van der Waals surface area (Å²) in [5.41, 5.74) is -0.450.